The summed E-state index contributed by atoms with van der Waals surface area (Å²) in [5, 5.41) is 26.1. The standard InChI is InChI=1S/C29H27ClN4O6S/c30-26-24(41-23-7-2-1-6-22(23)34(38)39)16-21-25(26)19-4-3-5-20(29(35)32-12-14-40-15-13-32)28(19)31-27(21)17-8-10-18(11-9-17)33(36)37/h1-11,21,24-27,31H,12-16H2/t21-,24+,25-,26+,27-/m1/s1. The van der Waals surface area contributed by atoms with Gasteiger partial charge in [0.2, 0.25) is 0 Å². The van der Waals surface area contributed by atoms with E-state index in [1.165, 1.54) is 30.0 Å². The first-order valence-electron chi connectivity index (χ1n) is 13.4. The van der Waals surface area contributed by atoms with E-state index in [1.807, 2.05) is 18.2 Å². The molecule has 3 aromatic carbocycles. The van der Waals surface area contributed by atoms with Crippen LogP contribution in [0.3, 0.4) is 0 Å². The second-order valence-electron chi connectivity index (χ2n) is 10.4. The summed E-state index contributed by atoms with van der Waals surface area (Å²) in [5.41, 5.74) is 3.10. The first-order chi connectivity index (χ1) is 19.8. The van der Waals surface area contributed by atoms with Crippen molar-refractivity contribution in [1.82, 2.24) is 4.90 Å². The number of fused-ring (bicyclic) bond motifs is 3. The number of carbonyl (C=O) groups excluding carboxylic acids is 1. The zero-order chi connectivity index (χ0) is 28.7. The van der Waals surface area contributed by atoms with E-state index in [1.54, 1.807) is 35.2 Å². The molecule has 1 aliphatic carbocycles. The number of para-hydroxylation sites is 2. The van der Waals surface area contributed by atoms with Gasteiger partial charge in [-0.1, -0.05) is 36.4 Å². The predicted molar refractivity (Wildman–Crippen MR) is 156 cm³/mol. The van der Waals surface area contributed by atoms with Crippen LogP contribution in [0.5, 0.6) is 0 Å². The van der Waals surface area contributed by atoms with Gasteiger partial charge in [-0.3, -0.25) is 25.0 Å². The molecule has 0 aromatic heterocycles. The summed E-state index contributed by atoms with van der Waals surface area (Å²) in [6.07, 6.45) is 0.658. The lowest BCUT2D eigenvalue weighted by Gasteiger charge is -2.39. The number of non-ortho nitro benzene ring substituents is 1. The number of hydrogen-bond acceptors (Lipinski definition) is 8. The van der Waals surface area contributed by atoms with Crippen molar-refractivity contribution in [3.63, 3.8) is 0 Å². The molecule has 0 bridgehead atoms. The molecule has 41 heavy (non-hydrogen) atoms. The maximum absolute atomic E-state index is 13.7. The van der Waals surface area contributed by atoms with Gasteiger partial charge in [-0.05, 0) is 35.6 Å². The number of alkyl halides is 1. The number of benzene rings is 3. The highest BCUT2D eigenvalue weighted by Crippen LogP contribution is 2.58. The largest absolute Gasteiger partial charge is 0.378 e. The molecule has 1 saturated carbocycles. The van der Waals surface area contributed by atoms with Crippen molar-refractivity contribution < 1.29 is 19.4 Å². The smallest absolute Gasteiger partial charge is 0.282 e. The molecular formula is C29H27ClN4O6S. The molecule has 3 aliphatic rings. The van der Waals surface area contributed by atoms with Crippen molar-refractivity contribution in [3.8, 4) is 0 Å². The van der Waals surface area contributed by atoms with Gasteiger partial charge in [-0.15, -0.1) is 23.4 Å². The topological polar surface area (TPSA) is 128 Å². The molecule has 0 spiro atoms. The Morgan fingerprint density at radius 2 is 1.71 bits per heavy atom. The lowest BCUT2D eigenvalue weighted by molar-refractivity contribution is -0.387. The van der Waals surface area contributed by atoms with Crippen LogP contribution in [-0.4, -0.2) is 57.6 Å². The van der Waals surface area contributed by atoms with E-state index in [0.717, 1.165) is 16.8 Å². The van der Waals surface area contributed by atoms with Crippen LogP contribution in [-0.2, 0) is 4.74 Å². The van der Waals surface area contributed by atoms with Gasteiger partial charge in [0.05, 0.1) is 50.6 Å². The highest BCUT2D eigenvalue weighted by atomic mass is 35.5. The van der Waals surface area contributed by atoms with E-state index >= 15 is 0 Å². The number of rotatable bonds is 6. The van der Waals surface area contributed by atoms with E-state index < -0.39 is 4.92 Å². The number of ether oxygens (including phenoxy) is 1. The number of nitrogens with zero attached hydrogens (tertiary/aromatic N) is 3. The summed E-state index contributed by atoms with van der Waals surface area (Å²) in [7, 11) is 0. The minimum absolute atomic E-state index is 0.00356. The third kappa shape index (κ3) is 5.13. The van der Waals surface area contributed by atoms with E-state index in [2.05, 4.69) is 5.32 Å². The summed E-state index contributed by atoms with van der Waals surface area (Å²) < 4.78 is 5.43. The van der Waals surface area contributed by atoms with Crippen LogP contribution >= 0.6 is 23.4 Å². The summed E-state index contributed by atoms with van der Waals surface area (Å²) in [4.78, 5) is 38.2. The fourth-order valence-electron chi connectivity index (χ4n) is 6.26. The van der Waals surface area contributed by atoms with Crippen molar-refractivity contribution in [2.24, 2.45) is 5.92 Å². The van der Waals surface area contributed by atoms with Gasteiger partial charge in [0, 0.05) is 42.5 Å². The highest BCUT2D eigenvalue weighted by molar-refractivity contribution is 8.00. The molecule has 12 heteroatoms. The van der Waals surface area contributed by atoms with Crippen LogP contribution in [0.1, 0.15) is 39.9 Å². The molecule has 2 heterocycles. The number of thioether (sulfide) groups is 1. The molecule has 1 saturated heterocycles. The van der Waals surface area contributed by atoms with Crippen molar-refractivity contribution in [2.45, 2.75) is 33.9 Å². The Morgan fingerprint density at radius 3 is 2.41 bits per heavy atom. The Balaban J connectivity index is 1.40. The summed E-state index contributed by atoms with van der Waals surface area (Å²) >= 11 is 8.65. The van der Waals surface area contributed by atoms with Gasteiger partial charge < -0.3 is 15.0 Å². The Bertz CT molecular complexity index is 1500. The van der Waals surface area contributed by atoms with Crippen LogP contribution in [0.2, 0.25) is 0 Å². The molecule has 212 valence electrons. The molecule has 5 atom stereocenters. The average Bonchev–Trinajstić information content (AvgIpc) is 3.32. The second kappa shape index (κ2) is 11.3. The number of morpholine rings is 1. The molecule has 1 amide bonds. The average molecular weight is 595 g/mol. The normalized spacial score (nSPS) is 25.1. The predicted octanol–water partition coefficient (Wildman–Crippen LogP) is 6.01. The van der Waals surface area contributed by atoms with Gasteiger partial charge in [-0.25, -0.2) is 0 Å². The lowest BCUT2D eigenvalue weighted by Crippen LogP contribution is -2.41. The molecule has 6 rings (SSSR count). The number of nitrogens with one attached hydrogen (secondary N) is 1. The number of carbonyl (C=O) groups is 1. The van der Waals surface area contributed by atoms with Crippen LogP contribution in [0.4, 0.5) is 17.1 Å². The van der Waals surface area contributed by atoms with Crippen LogP contribution < -0.4 is 5.32 Å². The first-order valence-corrected chi connectivity index (χ1v) is 14.7. The van der Waals surface area contributed by atoms with Gasteiger partial charge in [0.15, 0.2) is 0 Å². The van der Waals surface area contributed by atoms with Crippen molar-refractivity contribution in [2.75, 3.05) is 31.6 Å². The Kier molecular flexibility index (Phi) is 7.58. The molecule has 1 N–H and O–H groups in total. The first kappa shape index (κ1) is 27.5. The van der Waals surface area contributed by atoms with E-state index in [4.69, 9.17) is 16.3 Å². The number of halogens is 1. The minimum Gasteiger partial charge on any atom is -0.378 e. The third-order valence-corrected chi connectivity index (χ3v) is 10.3. The van der Waals surface area contributed by atoms with Crippen molar-refractivity contribution >= 4 is 46.3 Å². The zero-order valence-corrected chi connectivity index (χ0v) is 23.4. The fraction of sp³-hybridized carbons (Fsp3) is 0.345. The van der Waals surface area contributed by atoms with Crippen molar-refractivity contribution in [3.05, 3.63) is 104 Å². The van der Waals surface area contributed by atoms with E-state index in [9.17, 15) is 25.0 Å². The molecule has 2 aliphatic heterocycles. The molecule has 3 aromatic rings. The zero-order valence-electron chi connectivity index (χ0n) is 21.9. The fourth-order valence-corrected chi connectivity index (χ4v) is 8.21. The number of nitro benzene ring substituents is 2. The van der Waals surface area contributed by atoms with Crippen molar-refractivity contribution in [1.29, 1.82) is 0 Å². The molecule has 2 fully saturated rings. The minimum atomic E-state index is -0.431. The third-order valence-electron chi connectivity index (χ3n) is 8.18. The van der Waals surface area contributed by atoms with Crippen LogP contribution in [0.25, 0.3) is 0 Å². The van der Waals surface area contributed by atoms with Gasteiger partial charge in [-0.2, -0.15) is 0 Å². The lowest BCUT2D eigenvalue weighted by atomic mass is 9.76. The molecular weight excluding hydrogens is 568 g/mol. The molecule has 0 radical (unpaired) electrons. The Hall–Kier alpha value is -3.67. The molecule has 10 nitrogen and oxygen atoms in total. The SMILES string of the molecule is O=C(c1cccc2c1N[C@H](c1ccc([N+](=O)[O-])cc1)[C@@H]1C[C@H](Sc3ccccc3[N+](=O)[O-])[C@H](Cl)[C@H]21)N1CCOCC1. The number of anilines is 1. The summed E-state index contributed by atoms with van der Waals surface area (Å²) in [6.45, 7) is 1.98. The van der Waals surface area contributed by atoms with E-state index in [-0.39, 0.29) is 50.7 Å². The van der Waals surface area contributed by atoms with Gasteiger partial charge in [0.1, 0.15) is 0 Å². The Morgan fingerprint density at radius 1 is 0.976 bits per heavy atom. The summed E-state index contributed by atoms with van der Waals surface area (Å²) in [6, 6.07) is 18.5. The van der Waals surface area contributed by atoms with Gasteiger partial charge >= 0.3 is 0 Å². The molecule has 0 unspecified atom stereocenters. The summed E-state index contributed by atoms with van der Waals surface area (Å²) in [5.74, 6) is -0.250. The monoisotopic (exact) mass is 594 g/mol. The maximum Gasteiger partial charge on any atom is 0.282 e. The quantitative estimate of drug-likeness (QED) is 0.209. The van der Waals surface area contributed by atoms with Gasteiger partial charge in [0.25, 0.3) is 17.3 Å². The number of hydrogen-bond donors (Lipinski definition) is 1. The van der Waals surface area contributed by atoms with E-state index in [0.29, 0.717) is 43.2 Å². The number of amides is 1. The number of nitro groups is 2. The Labute approximate surface area is 245 Å². The van der Waals surface area contributed by atoms with Crippen LogP contribution in [0, 0.1) is 26.1 Å². The second-order valence-corrected chi connectivity index (χ2v) is 12.2. The highest BCUT2D eigenvalue weighted by Gasteiger charge is 2.51. The maximum atomic E-state index is 13.7. The van der Waals surface area contributed by atoms with Crippen LogP contribution in [0.15, 0.2) is 71.6 Å².